The summed E-state index contributed by atoms with van der Waals surface area (Å²) in [6.45, 7) is 16.4. The average molecular weight is 553 g/mol. The largest absolute Gasteiger partial charge is 0.355 e. The molecule has 5 rings (SSSR count). The van der Waals surface area contributed by atoms with E-state index in [1.807, 2.05) is 26.0 Å². The van der Waals surface area contributed by atoms with Crippen molar-refractivity contribution < 1.29 is 0 Å². The maximum atomic E-state index is 4.03. The summed E-state index contributed by atoms with van der Waals surface area (Å²) in [6, 6.07) is 34.7. The standard InChI is InChI=1S/C38H38N2.C2H6/c1-5-8-9-18-37-28(4)34-15-11-13-19-38(34)40(37)33-26-22-31(23-27-33)30-20-24-32(25-21-30)39-36-17-12-10-16-35(36)29(7-3)14-6-2;1-2/h6-13,15-29,39H,2-3,5,14H2,1,4H3;1-2H3/b9-8-,37-18+;. The average Bonchev–Trinajstić information content (AvgIpc) is 3.33. The van der Waals surface area contributed by atoms with Crippen LogP contribution in [0.15, 0.2) is 146 Å². The minimum atomic E-state index is 0.238. The van der Waals surface area contributed by atoms with Gasteiger partial charge in [0.25, 0.3) is 0 Å². The molecule has 2 nitrogen and oxygen atoms in total. The molecule has 42 heavy (non-hydrogen) atoms. The van der Waals surface area contributed by atoms with Crippen molar-refractivity contribution in [1.29, 1.82) is 0 Å². The van der Waals surface area contributed by atoms with E-state index in [9.17, 15) is 0 Å². The quantitative estimate of drug-likeness (QED) is 0.197. The second kappa shape index (κ2) is 14.9. The van der Waals surface area contributed by atoms with Gasteiger partial charge in [0, 0.05) is 40.3 Å². The Hall–Kier alpha value is -4.56. The number of fused-ring (bicyclic) bond motifs is 1. The predicted molar refractivity (Wildman–Crippen MR) is 185 cm³/mol. The molecule has 1 aliphatic rings. The Kier molecular flexibility index (Phi) is 10.8. The molecule has 0 bridgehead atoms. The molecular formula is C40H44N2. The monoisotopic (exact) mass is 552 g/mol. The molecule has 4 aromatic carbocycles. The van der Waals surface area contributed by atoms with Crippen molar-refractivity contribution in [3.8, 4) is 11.1 Å². The number of hydrogen-bond donors (Lipinski definition) is 1. The van der Waals surface area contributed by atoms with Crippen LogP contribution >= 0.6 is 0 Å². The van der Waals surface area contributed by atoms with Gasteiger partial charge >= 0.3 is 0 Å². The molecule has 0 fully saturated rings. The maximum absolute atomic E-state index is 4.03. The smallest absolute Gasteiger partial charge is 0.0497 e. The van der Waals surface area contributed by atoms with E-state index in [1.165, 1.54) is 39.3 Å². The molecule has 1 heterocycles. The van der Waals surface area contributed by atoms with E-state index >= 15 is 0 Å². The molecule has 0 amide bonds. The van der Waals surface area contributed by atoms with Gasteiger partial charge in [-0.2, -0.15) is 0 Å². The van der Waals surface area contributed by atoms with E-state index in [0.717, 1.165) is 24.2 Å². The van der Waals surface area contributed by atoms with Crippen molar-refractivity contribution in [2.24, 2.45) is 0 Å². The molecule has 1 aliphatic heterocycles. The highest BCUT2D eigenvalue weighted by molar-refractivity contribution is 5.80. The van der Waals surface area contributed by atoms with Gasteiger partial charge in [-0.25, -0.2) is 0 Å². The molecule has 0 aliphatic carbocycles. The molecule has 1 N–H and O–H groups in total. The van der Waals surface area contributed by atoms with Crippen molar-refractivity contribution in [2.45, 2.75) is 52.4 Å². The topological polar surface area (TPSA) is 15.3 Å². The van der Waals surface area contributed by atoms with Crippen LogP contribution in [0.25, 0.3) is 11.1 Å². The number of benzene rings is 4. The minimum Gasteiger partial charge on any atom is -0.355 e. The third-order valence-corrected chi connectivity index (χ3v) is 7.67. The van der Waals surface area contributed by atoms with Crippen molar-refractivity contribution >= 4 is 22.7 Å². The zero-order valence-corrected chi connectivity index (χ0v) is 25.6. The normalized spacial score (nSPS) is 15.6. The van der Waals surface area contributed by atoms with Crippen LogP contribution in [0, 0.1) is 0 Å². The summed E-state index contributed by atoms with van der Waals surface area (Å²) in [6.07, 6.45) is 12.5. The number of nitrogens with zero attached hydrogens (tertiary/aromatic N) is 1. The summed E-state index contributed by atoms with van der Waals surface area (Å²) in [4.78, 5) is 2.40. The summed E-state index contributed by atoms with van der Waals surface area (Å²) < 4.78 is 0. The van der Waals surface area contributed by atoms with E-state index in [-0.39, 0.29) is 5.92 Å². The highest BCUT2D eigenvalue weighted by Crippen LogP contribution is 2.47. The molecule has 2 unspecified atom stereocenters. The lowest BCUT2D eigenvalue weighted by Gasteiger charge is -2.23. The highest BCUT2D eigenvalue weighted by Gasteiger charge is 2.31. The number of rotatable bonds is 10. The Bertz CT molecular complexity index is 1520. The summed E-state index contributed by atoms with van der Waals surface area (Å²) in [5.74, 6) is 0.587. The minimum absolute atomic E-state index is 0.238. The lowest BCUT2D eigenvalue weighted by Crippen LogP contribution is -2.12. The molecule has 0 saturated heterocycles. The van der Waals surface area contributed by atoms with Crippen LogP contribution in [-0.2, 0) is 0 Å². The first-order valence-electron chi connectivity index (χ1n) is 15.2. The van der Waals surface area contributed by atoms with E-state index in [0.29, 0.717) is 5.92 Å². The number of hydrogen-bond acceptors (Lipinski definition) is 2. The fourth-order valence-electron chi connectivity index (χ4n) is 5.53. The number of anilines is 4. The molecule has 0 spiro atoms. The van der Waals surface area contributed by atoms with E-state index < -0.39 is 0 Å². The zero-order chi connectivity index (χ0) is 29.9. The molecule has 2 heteroatoms. The van der Waals surface area contributed by atoms with E-state index in [1.54, 1.807) is 0 Å². The highest BCUT2D eigenvalue weighted by atomic mass is 15.2. The van der Waals surface area contributed by atoms with Gasteiger partial charge in [-0.3, -0.25) is 0 Å². The van der Waals surface area contributed by atoms with Gasteiger partial charge in [0.1, 0.15) is 0 Å². The summed E-state index contributed by atoms with van der Waals surface area (Å²) in [5.41, 5.74) is 10.9. The van der Waals surface area contributed by atoms with Gasteiger partial charge in [-0.1, -0.05) is 113 Å². The van der Waals surface area contributed by atoms with Crippen LogP contribution in [0.2, 0.25) is 0 Å². The fraction of sp³-hybridized carbons (Fsp3) is 0.200. The number of allylic oxidation sites excluding steroid dienone is 6. The molecule has 0 saturated carbocycles. The van der Waals surface area contributed by atoms with Crippen molar-refractivity contribution in [2.75, 3.05) is 10.2 Å². The maximum Gasteiger partial charge on any atom is 0.0497 e. The molecule has 4 aromatic rings. The van der Waals surface area contributed by atoms with Crippen LogP contribution in [0.1, 0.15) is 63.5 Å². The molecule has 0 aromatic heterocycles. The van der Waals surface area contributed by atoms with Crippen LogP contribution in [0.4, 0.5) is 22.7 Å². The molecular weight excluding hydrogens is 508 g/mol. The Morgan fingerprint density at radius 3 is 2.14 bits per heavy atom. The predicted octanol–water partition coefficient (Wildman–Crippen LogP) is 12.1. The third kappa shape index (κ3) is 6.66. The van der Waals surface area contributed by atoms with Crippen LogP contribution < -0.4 is 10.2 Å². The van der Waals surface area contributed by atoms with Gasteiger partial charge in [-0.05, 0) is 77.6 Å². The molecule has 0 radical (unpaired) electrons. The summed E-state index contributed by atoms with van der Waals surface area (Å²) in [5, 5.41) is 3.61. The number of nitrogens with one attached hydrogen (secondary N) is 1. The summed E-state index contributed by atoms with van der Waals surface area (Å²) >= 11 is 0. The van der Waals surface area contributed by atoms with E-state index in [2.05, 4.69) is 153 Å². The molecule has 2 atom stereocenters. The first kappa shape index (κ1) is 30.4. The fourth-order valence-corrected chi connectivity index (χ4v) is 5.53. The van der Waals surface area contributed by atoms with Crippen molar-refractivity contribution in [3.63, 3.8) is 0 Å². The lowest BCUT2D eigenvalue weighted by atomic mass is 9.94. The lowest BCUT2D eigenvalue weighted by molar-refractivity contribution is 0.870. The number of para-hydroxylation sites is 2. The van der Waals surface area contributed by atoms with Gasteiger partial charge in [-0.15, -0.1) is 13.2 Å². The van der Waals surface area contributed by atoms with Crippen LogP contribution in [-0.4, -0.2) is 0 Å². The second-order valence-corrected chi connectivity index (χ2v) is 10.2. The Morgan fingerprint density at radius 2 is 1.48 bits per heavy atom. The Balaban J connectivity index is 0.00000198. The van der Waals surface area contributed by atoms with Gasteiger partial charge in [0.2, 0.25) is 0 Å². The first-order chi connectivity index (χ1) is 20.6. The van der Waals surface area contributed by atoms with Gasteiger partial charge in [0.15, 0.2) is 0 Å². The second-order valence-electron chi connectivity index (χ2n) is 10.2. The zero-order valence-electron chi connectivity index (χ0n) is 25.6. The van der Waals surface area contributed by atoms with E-state index in [4.69, 9.17) is 0 Å². The third-order valence-electron chi connectivity index (χ3n) is 7.67. The van der Waals surface area contributed by atoms with Crippen molar-refractivity contribution in [1.82, 2.24) is 0 Å². The Morgan fingerprint density at radius 1 is 0.833 bits per heavy atom. The van der Waals surface area contributed by atoms with Crippen LogP contribution in [0.3, 0.4) is 0 Å². The molecule has 214 valence electrons. The Labute approximate surface area is 253 Å². The van der Waals surface area contributed by atoms with Crippen LogP contribution in [0.5, 0.6) is 0 Å². The van der Waals surface area contributed by atoms with Gasteiger partial charge < -0.3 is 10.2 Å². The van der Waals surface area contributed by atoms with Gasteiger partial charge in [0.05, 0.1) is 0 Å². The first-order valence-corrected chi connectivity index (χ1v) is 15.2. The van der Waals surface area contributed by atoms with Crippen molar-refractivity contribution in [3.05, 3.63) is 157 Å². The summed E-state index contributed by atoms with van der Waals surface area (Å²) in [7, 11) is 0. The SMILES string of the molecule is C=CCC(C=C)c1ccccc1Nc1ccc(-c2ccc(N3/C(=C/C=C\CC)C(C)c4ccccc43)cc2)cc1.CC.